The molecular formula is C21H24N2O4. The molecule has 0 unspecified atom stereocenters. The Hall–Kier alpha value is -3.15. The second-order valence-electron chi connectivity index (χ2n) is 6.19. The van der Waals surface area contributed by atoms with Crippen LogP contribution in [0.3, 0.4) is 0 Å². The van der Waals surface area contributed by atoms with Gasteiger partial charge in [-0.25, -0.2) is 0 Å². The zero-order valence-electron chi connectivity index (χ0n) is 15.6. The molecule has 0 bridgehead atoms. The minimum absolute atomic E-state index is 0.0373. The quantitative estimate of drug-likeness (QED) is 0.666. The molecule has 0 aliphatic carbocycles. The number of aryl methyl sites for hydroxylation is 1. The summed E-state index contributed by atoms with van der Waals surface area (Å²) in [6, 6.07) is 14.5. The zero-order valence-corrected chi connectivity index (χ0v) is 15.6. The maximum atomic E-state index is 12.0. The number of benzene rings is 2. The summed E-state index contributed by atoms with van der Waals surface area (Å²) in [6.45, 7) is 2.33. The third-order valence-electron chi connectivity index (χ3n) is 4.05. The Balaban J connectivity index is 1.66. The maximum absolute atomic E-state index is 12.0. The Morgan fingerprint density at radius 2 is 1.44 bits per heavy atom. The van der Waals surface area contributed by atoms with E-state index in [1.54, 1.807) is 31.4 Å². The molecule has 2 amide bonds. The van der Waals surface area contributed by atoms with Crippen molar-refractivity contribution < 1.29 is 19.1 Å². The van der Waals surface area contributed by atoms with Crippen LogP contribution in [0.25, 0.3) is 0 Å². The summed E-state index contributed by atoms with van der Waals surface area (Å²) in [6.07, 6.45) is 0.115. The first-order valence-electron chi connectivity index (χ1n) is 8.74. The number of Topliss-reactive ketones (excluding diaryl/α,β-unsaturated/α-hetero) is 1. The fourth-order valence-corrected chi connectivity index (χ4v) is 2.37. The van der Waals surface area contributed by atoms with Crippen LogP contribution in [0.1, 0.15) is 34.3 Å². The summed E-state index contributed by atoms with van der Waals surface area (Å²) < 4.78 is 5.04. The van der Waals surface area contributed by atoms with Gasteiger partial charge in [-0.1, -0.05) is 29.8 Å². The lowest BCUT2D eigenvalue weighted by atomic mass is 10.1. The SMILES string of the molecule is COc1ccc(C(=O)CNC(=O)CCC(=O)NCc2ccc(C)cc2)cc1. The van der Waals surface area contributed by atoms with E-state index in [1.165, 1.54) is 0 Å². The second-order valence-corrected chi connectivity index (χ2v) is 6.19. The molecule has 0 radical (unpaired) electrons. The van der Waals surface area contributed by atoms with Gasteiger partial charge in [-0.05, 0) is 36.8 Å². The van der Waals surface area contributed by atoms with Crippen molar-refractivity contribution in [1.82, 2.24) is 10.6 Å². The van der Waals surface area contributed by atoms with Crippen molar-refractivity contribution in [1.29, 1.82) is 0 Å². The van der Waals surface area contributed by atoms with Crippen LogP contribution >= 0.6 is 0 Å². The van der Waals surface area contributed by atoms with Crippen LogP contribution in [0.4, 0.5) is 0 Å². The van der Waals surface area contributed by atoms with Crippen LogP contribution in [-0.4, -0.2) is 31.3 Å². The molecule has 0 aliphatic rings. The van der Waals surface area contributed by atoms with Gasteiger partial charge < -0.3 is 15.4 Å². The molecule has 6 nitrogen and oxygen atoms in total. The first kappa shape index (κ1) is 20.2. The average Bonchev–Trinajstić information content (AvgIpc) is 2.70. The van der Waals surface area contributed by atoms with E-state index in [4.69, 9.17) is 4.74 Å². The van der Waals surface area contributed by atoms with E-state index in [0.29, 0.717) is 17.9 Å². The minimum atomic E-state index is -0.331. The number of ether oxygens (including phenoxy) is 1. The van der Waals surface area contributed by atoms with E-state index in [9.17, 15) is 14.4 Å². The van der Waals surface area contributed by atoms with Gasteiger partial charge in [0.15, 0.2) is 5.78 Å². The van der Waals surface area contributed by atoms with Crippen LogP contribution < -0.4 is 15.4 Å². The molecule has 0 aliphatic heterocycles. The first-order chi connectivity index (χ1) is 13.0. The number of methoxy groups -OCH3 is 1. The molecule has 2 rings (SSSR count). The molecule has 0 saturated carbocycles. The Kier molecular flexibility index (Phi) is 7.55. The summed E-state index contributed by atoms with van der Waals surface area (Å²) in [5.41, 5.74) is 2.65. The normalized spacial score (nSPS) is 10.1. The first-order valence-corrected chi connectivity index (χ1v) is 8.74. The van der Waals surface area contributed by atoms with Gasteiger partial charge in [0, 0.05) is 24.9 Å². The Labute approximate surface area is 158 Å². The number of nitrogens with one attached hydrogen (secondary N) is 2. The van der Waals surface area contributed by atoms with Crippen molar-refractivity contribution in [2.45, 2.75) is 26.3 Å². The average molecular weight is 368 g/mol. The van der Waals surface area contributed by atoms with Crippen LogP contribution in [0.15, 0.2) is 48.5 Å². The highest BCUT2D eigenvalue weighted by molar-refractivity contribution is 5.99. The molecular weight excluding hydrogens is 344 g/mol. The number of hydrogen-bond donors (Lipinski definition) is 2. The summed E-state index contributed by atoms with van der Waals surface area (Å²) in [4.78, 5) is 35.7. The molecule has 2 aromatic carbocycles. The summed E-state index contributed by atoms with van der Waals surface area (Å²) in [5.74, 6) is -0.0726. The van der Waals surface area contributed by atoms with Gasteiger partial charge in [-0.15, -0.1) is 0 Å². The van der Waals surface area contributed by atoms with Gasteiger partial charge in [0.1, 0.15) is 5.75 Å². The van der Waals surface area contributed by atoms with Crippen molar-refractivity contribution in [3.8, 4) is 5.75 Å². The van der Waals surface area contributed by atoms with Crippen LogP contribution in [-0.2, 0) is 16.1 Å². The van der Waals surface area contributed by atoms with Gasteiger partial charge in [-0.3, -0.25) is 14.4 Å². The monoisotopic (exact) mass is 368 g/mol. The number of ketones is 1. The zero-order chi connectivity index (χ0) is 19.6. The Bertz CT molecular complexity index is 783. The summed E-state index contributed by atoms with van der Waals surface area (Å²) >= 11 is 0. The smallest absolute Gasteiger partial charge is 0.220 e. The number of amides is 2. The van der Waals surface area contributed by atoms with Crippen LogP contribution in [0.2, 0.25) is 0 Å². The highest BCUT2D eigenvalue weighted by Crippen LogP contribution is 2.11. The van der Waals surface area contributed by atoms with Crippen LogP contribution in [0.5, 0.6) is 5.75 Å². The molecule has 0 aromatic heterocycles. The molecule has 0 fully saturated rings. The molecule has 6 heteroatoms. The molecule has 0 spiro atoms. The number of carbonyl (C=O) groups excluding carboxylic acids is 3. The summed E-state index contributed by atoms with van der Waals surface area (Å²) in [5, 5.41) is 5.32. The number of rotatable bonds is 9. The predicted octanol–water partition coefficient (Wildman–Crippen LogP) is 2.40. The van der Waals surface area contributed by atoms with Crippen molar-refractivity contribution >= 4 is 17.6 Å². The largest absolute Gasteiger partial charge is 0.497 e. The molecule has 0 heterocycles. The molecule has 0 saturated heterocycles. The van der Waals surface area contributed by atoms with E-state index >= 15 is 0 Å². The van der Waals surface area contributed by atoms with E-state index in [-0.39, 0.29) is 37.0 Å². The van der Waals surface area contributed by atoms with Crippen LogP contribution in [0, 0.1) is 6.92 Å². The van der Waals surface area contributed by atoms with E-state index in [2.05, 4.69) is 10.6 Å². The molecule has 2 N–H and O–H groups in total. The van der Waals surface area contributed by atoms with E-state index in [0.717, 1.165) is 11.1 Å². The lowest BCUT2D eigenvalue weighted by Gasteiger charge is -2.07. The lowest BCUT2D eigenvalue weighted by molar-refractivity contribution is -0.126. The number of carbonyl (C=O) groups is 3. The van der Waals surface area contributed by atoms with Crippen molar-refractivity contribution in [3.05, 3.63) is 65.2 Å². The third-order valence-corrected chi connectivity index (χ3v) is 4.05. The predicted molar refractivity (Wildman–Crippen MR) is 103 cm³/mol. The third kappa shape index (κ3) is 6.93. The fourth-order valence-electron chi connectivity index (χ4n) is 2.37. The van der Waals surface area contributed by atoms with Gasteiger partial charge in [0.05, 0.1) is 13.7 Å². The van der Waals surface area contributed by atoms with Gasteiger partial charge >= 0.3 is 0 Å². The lowest BCUT2D eigenvalue weighted by Crippen LogP contribution is -2.31. The highest BCUT2D eigenvalue weighted by Gasteiger charge is 2.10. The van der Waals surface area contributed by atoms with Gasteiger partial charge in [0.2, 0.25) is 11.8 Å². The fraction of sp³-hybridized carbons (Fsp3) is 0.286. The maximum Gasteiger partial charge on any atom is 0.220 e. The molecule has 0 atom stereocenters. The Morgan fingerprint density at radius 3 is 2.04 bits per heavy atom. The van der Waals surface area contributed by atoms with Crippen molar-refractivity contribution in [2.75, 3.05) is 13.7 Å². The Morgan fingerprint density at radius 1 is 0.852 bits per heavy atom. The highest BCUT2D eigenvalue weighted by atomic mass is 16.5. The molecule has 2 aromatic rings. The topological polar surface area (TPSA) is 84.5 Å². The standard InChI is InChI=1S/C21H24N2O4/c1-15-3-5-16(6-4-15)13-22-20(25)11-12-21(26)23-14-19(24)17-7-9-18(27-2)10-8-17/h3-10H,11-14H2,1-2H3,(H,22,25)(H,23,26). The van der Waals surface area contributed by atoms with E-state index < -0.39 is 0 Å². The van der Waals surface area contributed by atoms with E-state index in [1.807, 2.05) is 31.2 Å². The summed E-state index contributed by atoms with van der Waals surface area (Å²) in [7, 11) is 1.55. The van der Waals surface area contributed by atoms with Gasteiger partial charge in [0.25, 0.3) is 0 Å². The molecule has 27 heavy (non-hydrogen) atoms. The van der Waals surface area contributed by atoms with Gasteiger partial charge in [-0.2, -0.15) is 0 Å². The number of hydrogen-bond acceptors (Lipinski definition) is 4. The molecule has 142 valence electrons. The second kappa shape index (κ2) is 10.1. The minimum Gasteiger partial charge on any atom is -0.497 e. The van der Waals surface area contributed by atoms with Crippen molar-refractivity contribution in [3.63, 3.8) is 0 Å². The van der Waals surface area contributed by atoms with Crippen molar-refractivity contribution in [2.24, 2.45) is 0 Å².